The van der Waals surface area contributed by atoms with Crippen LogP contribution in [0.5, 0.6) is 0 Å². The zero-order chi connectivity index (χ0) is 18.7. The van der Waals surface area contributed by atoms with Crippen molar-refractivity contribution >= 4 is 22.7 Å². The van der Waals surface area contributed by atoms with E-state index in [0.717, 1.165) is 5.56 Å². The predicted octanol–water partition coefficient (Wildman–Crippen LogP) is 3.95. The minimum absolute atomic E-state index is 0.0285. The van der Waals surface area contributed by atoms with Gasteiger partial charge in [0.15, 0.2) is 0 Å². The number of nitriles is 1. The van der Waals surface area contributed by atoms with Crippen molar-refractivity contribution in [2.24, 2.45) is 0 Å². The number of carbonyl (C=O) groups excluding carboxylic acids is 2. The van der Waals surface area contributed by atoms with Crippen LogP contribution < -0.4 is 0 Å². The number of carbonyl (C=O) groups is 2. The first-order valence-corrected chi connectivity index (χ1v) is 7.84. The molecule has 0 N–H and O–H groups in total. The molecule has 0 fully saturated rings. The first-order chi connectivity index (χ1) is 12.6. The third-order valence-corrected chi connectivity index (χ3v) is 4.17. The first-order valence-electron chi connectivity index (χ1n) is 7.84. The summed E-state index contributed by atoms with van der Waals surface area (Å²) in [6.45, 7) is 0. The van der Waals surface area contributed by atoms with Gasteiger partial charge >= 0.3 is 11.9 Å². The van der Waals surface area contributed by atoms with Gasteiger partial charge in [0, 0.05) is 10.9 Å². The van der Waals surface area contributed by atoms with Gasteiger partial charge in [-0.05, 0) is 10.9 Å². The number of ether oxygens (including phenoxy) is 2. The van der Waals surface area contributed by atoms with Crippen LogP contribution in [0.4, 0.5) is 0 Å². The fourth-order valence-electron chi connectivity index (χ4n) is 3.07. The van der Waals surface area contributed by atoms with Gasteiger partial charge in [-0.2, -0.15) is 5.26 Å². The Balaban J connectivity index is 2.61. The Morgan fingerprint density at radius 1 is 0.808 bits per heavy atom. The molecule has 0 aromatic heterocycles. The largest absolute Gasteiger partial charge is 0.465 e. The summed E-state index contributed by atoms with van der Waals surface area (Å²) in [6, 6.07) is 18.4. The molecule has 5 heteroatoms. The van der Waals surface area contributed by atoms with E-state index in [1.165, 1.54) is 14.2 Å². The highest BCUT2D eigenvalue weighted by molar-refractivity contribution is 6.17. The van der Waals surface area contributed by atoms with Gasteiger partial charge in [0.1, 0.15) is 6.07 Å². The van der Waals surface area contributed by atoms with Crippen molar-refractivity contribution in [3.8, 4) is 17.2 Å². The molecule has 128 valence electrons. The molecule has 3 aromatic rings. The lowest BCUT2D eigenvalue weighted by Gasteiger charge is -2.17. The lowest BCUT2D eigenvalue weighted by molar-refractivity contribution is 0.0556. The van der Waals surface area contributed by atoms with E-state index in [1.807, 2.05) is 48.5 Å². The van der Waals surface area contributed by atoms with Gasteiger partial charge in [-0.15, -0.1) is 0 Å². The molecular weight excluding hydrogens is 330 g/mol. The Labute approximate surface area is 150 Å². The molecule has 0 radical (unpaired) electrons. The van der Waals surface area contributed by atoms with Gasteiger partial charge in [0.25, 0.3) is 0 Å². The molecule has 5 nitrogen and oxygen atoms in total. The highest BCUT2D eigenvalue weighted by Gasteiger charge is 2.29. The number of esters is 2. The van der Waals surface area contributed by atoms with Crippen molar-refractivity contribution in [2.45, 2.75) is 0 Å². The van der Waals surface area contributed by atoms with E-state index in [0.29, 0.717) is 16.3 Å². The molecule has 0 amide bonds. The number of fused-ring (bicyclic) bond motifs is 1. The Kier molecular flexibility index (Phi) is 4.68. The number of hydrogen-bond acceptors (Lipinski definition) is 5. The van der Waals surface area contributed by atoms with Gasteiger partial charge in [-0.25, -0.2) is 9.59 Å². The number of hydrogen-bond donors (Lipinski definition) is 0. The van der Waals surface area contributed by atoms with Crippen LogP contribution in [0.1, 0.15) is 26.3 Å². The maximum absolute atomic E-state index is 12.6. The molecule has 0 unspecified atom stereocenters. The Hall–Kier alpha value is -3.65. The SMILES string of the molecule is COC(=O)c1c(C(=O)OC)c(-c2ccccc2)c2ccccc2c1C#N. The van der Waals surface area contributed by atoms with Gasteiger partial charge in [-0.1, -0.05) is 54.6 Å². The topological polar surface area (TPSA) is 76.4 Å². The number of nitrogens with zero attached hydrogens (tertiary/aromatic N) is 1. The van der Waals surface area contributed by atoms with Crippen molar-refractivity contribution in [2.75, 3.05) is 14.2 Å². The number of benzene rings is 3. The normalized spacial score (nSPS) is 10.2. The molecule has 0 saturated carbocycles. The second kappa shape index (κ2) is 7.08. The van der Waals surface area contributed by atoms with E-state index in [2.05, 4.69) is 0 Å². The van der Waals surface area contributed by atoms with Crippen molar-refractivity contribution in [3.63, 3.8) is 0 Å². The zero-order valence-corrected chi connectivity index (χ0v) is 14.3. The Morgan fingerprint density at radius 3 is 1.92 bits per heavy atom. The molecule has 0 saturated heterocycles. The molecule has 26 heavy (non-hydrogen) atoms. The fourth-order valence-corrected chi connectivity index (χ4v) is 3.07. The van der Waals surface area contributed by atoms with E-state index >= 15 is 0 Å². The molecule has 3 rings (SSSR count). The van der Waals surface area contributed by atoms with Crippen molar-refractivity contribution in [1.29, 1.82) is 5.26 Å². The van der Waals surface area contributed by atoms with Gasteiger partial charge < -0.3 is 9.47 Å². The summed E-state index contributed by atoms with van der Waals surface area (Å²) >= 11 is 0. The van der Waals surface area contributed by atoms with Gasteiger partial charge in [0.2, 0.25) is 0 Å². The number of methoxy groups -OCH3 is 2. The monoisotopic (exact) mass is 345 g/mol. The third-order valence-electron chi connectivity index (χ3n) is 4.17. The summed E-state index contributed by atoms with van der Waals surface area (Å²) in [4.78, 5) is 25.1. The lowest BCUT2D eigenvalue weighted by Crippen LogP contribution is -2.16. The molecular formula is C21H15NO4. The van der Waals surface area contributed by atoms with E-state index in [1.54, 1.807) is 12.1 Å². The molecule has 0 aliphatic heterocycles. The molecule has 3 aromatic carbocycles. The summed E-state index contributed by atoms with van der Waals surface area (Å²) in [5.41, 5.74) is 1.30. The average molecular weight is 345 g/mol. The average Bonchev–Trinajstić information content (AvgIpc) is 2.71. The summed E-state index contributed by atoms with van der Waals surface area (Å²) in [5, 5.41) is 10.9. The summed E-state index contributed by atoms with van der Waals surface area (Å²) in [7, 11) is 2.45. The van der Waals surface area contributed by atoms with Crippen LogP contribution in [0.25, 0.3) is 21.9 Å². The maximum Gasteiger partial charge on any atom is 0.340 e. The summed E-state index contributed by atoms with van der Waals surface area (Å²) in [5.74, 6) is -1.46. The van der Waals surface area contributed by atoms with Crippen molar-refractivity contribution < 1.29 is 19.1 Å². The van der Waals surface area contributed by atoms with Crippen LogP contribution in [0.15, 0.2) is 54.6 Å². The van der Waals surface area contributed by atoms with Crippen LogP contribution in [-0.4, -0.2) is 26.2 Å². The Morgan fingerprint density at radius 2 is 1.35 bits per heavy atom. The molecule has 0 aliphatic rings. The third kappa shape index (κ3) is 2.68. The Bertz CT molecular complexity index is 1050. The number of rotatable bonds is 3. The van der Waals surface area contributed by atoms with Crippen LogP contribution in [-0.2, 0) is 9.47 Å². The predicted molar refractivity (Wildman–Crippen MR) is 96.8 cm³/mol. The highest BCUT2D eigenvalue weighted by Crippen LogP contribution is 2.38. The van der Waals surface area contributed by atoms with Crippen LogP contribution in [0, 0.1) is 11.3 Å². The van der Waals surface area contributed by atoms with E-state index < -0.39 is 11.9 Å². The standard InChI is InChI=1S/C21H15NO4/c1-25-20(23)18-16(12-22)14-10-6-7-11-15(14)17(19(18)21(24)26-2)13-8-4-3-5-9-13/h3-11H,1-2H3. The van der Waals surface area contributed by atoms with E-state index in [4.69, 9.17) is 9.47 Å². The second-order valence-electron chi connectivity index (χ2n) is 5.51. The van der Waals surface area contributed by atoms with E-state index in [9.17, 15) is 14.9 Å². The van der Waals surface area contributed by atoms with Gasteiger partial charge in [0.05, 0.1) is 30.9 Å². The zero-order valence-electron chi connectivity index (χ0n) is 14.3. The van der Waals surface area contributed by atoms with E-state index in [-0.39, 0.29) is 16.7 Å². The molecule has 0 bridgehead atoms. The minimum atomic E-state index is -0.759. The highest BCUT2D eigenvalue weighted by atomic mass is 16.5. The van der Waals surface area contributed by atoms with Crippen LogP contribution >= 0.6 is 0 Å². The van der Waals surface area contributed by atoms with Crippen LogP contribution in [0.3, 0.4) is 0 Å². The maximum atomic E-state index is 12.6. The van der Waals surface area contributed by atoms with Crippen molar-refractivity contribution in [3.05, 3.63) is 71.3 Å². The fraction of sp³-hybridized carbons (Fsp3) is 0.0952. The van der Waals surface area contributed by atoms with Gasteiger partial charge in [-0.3, -0.25) is 0 Å². The molecule has 0 aliphatic carbocycles. The van der Waals surface area contributed by atoms with Crippen LogP contribution in [0.2, 0.25) is 0 Å². The minimum Gasteiger partial charge on any atom is -0.465 e. The summed E-state index contributed by atoms with van der Waals surface area (Å²) < 4.78 is 9.78. The van der Waals surface area contributed by atoms with Crippen molar-refractivity contribution in [1.82, 2.24) is 0 Å². The molecule has 0 spiro atoms. The smallest absolute Gasteiger partial charge is 0.340 e. The second-order valence-corrected chi connectivity index (χ2v) is 5.51. The first kappa shape index (κ1) is 17.2. The summed E-state index contributed by atoms with van der Waals surface area (Å²) in [6.07, 6.45) is 0. The lowest BCUT2D eigenvalue weighted by atomic mass is 9.86. The molecule has 0 heterocycles. The quantitative estimate of drug-likeness (QED) is 0.672. The molecule has 0 atom stereocenters.